The largest absolute Gasteiger partial charge is 0.634 e. The van der Waals surface area contributed by atoms with Crippen molar-refractivity contribution in [1.29, 1.82) is 0 Å². The molecule has 0 rings (SSSR count). The van der Waals surface area contributed by atoms with Crippen molar-refractivity contribution in [2.45, 2.75) is 116 Å². The maximum atomic E-state index is 11.5. The molecule has 0 radical (unpaired) electrons. The van der Waals surface area contributed by atoms with Gasteiger partial charge < -0.3 is 16.0 Å². The molecule has 0 aromatic rings. The number of hydrogen-bond donors (Lipinski definition) is 2. The van der Waals surface area contributed by atoms with Gasteiger partial charge in [0.1, 0.15) is 0 Å². The summed E-state index contributed by atoms with van der Waals surface area (Å²) in [5, 5.41) is 11.9. The van der Waals surface area contributed by atoms with E-state index in [0.29, 0.717) is 18.2 Å². The third-order valence-electron chi connectivity index (χ3n) is 4.97. The van der Waals surface area contributed by atoms with E-state index < -0.39 is 0 Å². The first-order valence-electron chi connectivity index (χ1n) is 11.0. The number of unbranched alkanes of at least 4 members (excludes halogenated alkanes) is 15. The van der Waals surface area contributed by atoms with Gasteiger partial charge in [0.25, 0.3) is 0 Å². The molecule has 0 saturated carbocycles. The van der Waals surface area contributed by atoms with Gasteiger partial charge >= 0.3 is 0 Å². The lowest BCUT2D eigenvalue weighted by Crippen LogP contribution is -3.07. The zero-order valence-electron chi connectivity index (χ0n) is 16.6. The first-order valence-corrected chi connectivity index (χ1v) is 11.0. The Morgan fingerprint density at radius 2 is 0.875 bits per heavy atom. The Morgan fingerprint density at radius 1 is 0.542 bits per heavy atom. The summed E-state index contributed by atoms with van der Waals surface area (Å²) in [6.07, 6.45) is 23.0. The van der Waals surface area contributed by atoms with Crippen LogP contribution in [0.3, 0.4) is 0 Å². The Balaban J connectivity index is 3.02. The highest BCUT2D eigenvalue weighted by Gasteiger charge is 1.98. The van der Waals surface area contributed by atoms with Crippen molar-refractivity contribution in [1.82, 2.24) is 0 Å². The van der Waals surface area contributed by atoms with E-state index in [9.17, 15) is 5.21 Å². The van der Waals surface area contributed by atoms with Gasteiger partial charge in [0.15, 0.2) is 0 Å². The molecule has 0 bridgehead atoms. The van der Waals surface area contributed by atoms with Crippen LogP contribution in [0, 0.1) is 5.21 Å². The highest BCUT2D eigenvalue weighted by Crippen LogP contribution is 2.13. The van der Waals surface area contributed by atoms with Gasteiger partial charge in [-0.05, 0) is 19.4 Å². The van der Waals surface area contributed by atoms with Crippen LogP contribution in [0.4, 0.5) is 0 Å². The van der Waals surface area contributed by atoms with Crippen molar-refractivity contribution >= 4 is 0 Å². The summed E-state index contributed by atoms with van der Waals surface area (Å²) in [5.74, 6) is 0. The van der Waals surface area contributed by atoms with Gasteiger partial charge in [-0.25, -0.2) is 0 Å². The molecule has 0 spiro atoms. The molecule has 146 valence electrons. The number of nitrogens with one attached hydrogen (secondary N) is 1. The summed E-state index contributed by atoms with van der Waals surface area (Å²) in [6.45, 7) is 4.39. The van der Waals surface area contributed by atoms with E-state index in [1.807, 2.05) is 0 Å². The van der Waals surface area contributed by atoms with Crippen LogP contribution in [0.1, 0.15) is 116 Å². The van der Waals surface area contributed by atoms with Crippen molar-refractivity contribution < 1.29 is 5.06 Å². The van der Waals surface area contributed by atoms with Gasteiger partial charge in [0, 0.05) is 6.42 Å². The minimum Gasteiger partial charge on any atom is -0.634 e. The number of quaternary nitrogens is 1. The molecule has 0 fully saturated rings. The van der Waals surface area contributed by atoms with E-state index in [1.165, 1.54) is 96.3 Å². The van der Waals surface area contributed by atoms with Crippen LogP contribution < -0.4 is 10.8 Å². The fourth-order valence-electron chi connectivity index (χ4n) is 3.29. The first-order chi connectivity index (χ1) is 11.8. The van der Waals surface area contributed by atoms with Crippen LogP contribution in [-0.4, -0.2) is 19.6 Å². The Hall–Kier alpha value is -0.120. The van der Waals surface area contributed by atoms with E-state index in [4.69, 9.17) is 5.73 Å². The Bertz CT molecular complexity index is 224. The molecule has 3 N–H and O–H groups in total. The summed E-state index contributed by atoms with van der Waals surface area (Å²) in [7, 11) is 0. The predicted molar refractivity (Wildman–Crippen MR) is 107 cm³/mol. The summed E-state index contributed by atoms with van der Waals surface area (Å²) >= 11 is 0. The van der Waals surface area contributed by atoms with Crippen LogP contribution >= 0.6 is 0 Å². The molecule has 1 unspecified atom stereocenters. The van der Waals surface area contributed by atoms with Gasteiger partial charge in [-0.2, -0.15) is 0 Å². The molecule has 0 aliphatic heterocycles. The maximum absolute atomic E-state index is 11.5. The lowest BCUT2D eigenvalue weighted by molar-refractivity contribution is -0.848. The molecule has 3 nitrogen and oxygen atoms in total. The van der Waals surface area contributed by atoms with Gasteiger partial charge in [-0.15, -0.1) is 0 Å². The minimum absolute atomic E-state index is 0.408. The molecule has 0 aromatic carbocycles. The third-order valence-corrected chi connectivity index (χ3v) is 4.97. The van der Waals surface area contributed by atoms with Crippen LogP contribution in [0.15, 0.2) is 0 Å². The molecule has 0 heterocycles. The summed E-state index contributed by atoms with van der Waals surface area (Å²) < 4.78 is 0. The van der Waals surface area contributed by atoms with Crippen molar-refractivity contribution in [3.05, 3.63) is 5.21 Å². The molecular weight excluding hydrogens is 296 g/mol. The van der Waals surface area contributed by atoms with Gasteiger partial charge in [0.2, 0.25) is 0 Å². The normalized spacial score (nSPS) is 12.6. The quantitative estimate of drug-likeness (QED) is 0.242. The summed E-state index contributed by atoms with van der Waals surface area (Å²) in [6, 6.07) is 0. The smallest absolute Gasteiger partial charge is 0.0780 e. The molecule has 3 heteroatoms. The number of rotatable bonds is 20. The standard InChI is InChI=1S/C21H46N2O/c1-2-3-4-5-6-7-8-9-10-11-12-13-14-15-16-17-20-23(24)21-18-19-22/h23H,2-22H2,1H3. The number of nitrogens with two attached hydrogens (primary N) is 1. The second-order valence-electron chi connectivity index (χ2n) is 7.48. The molecule has 0 aromatic heterocycles. The van der Waals surface area contributed by atoms with Crippen LogP contribution in [0.5, 0.6) is 0 Å². The summed E-state index contributed by atoms with van der Waals surface area (Å²) in [5.41, 5.74) is 5.42. The van der Waals surface area contributed by atoms with E-state index in [1.54, 1.807) is 0 Å². The van der Waals surface area contributed by atoms with E-state index >= 15 is 0 Å². The lowest BCUT2D eigenvalue weighted by Gasteiger charge is -2.21. The second-order valence-corrected chi connectivity index (χ2v) is 7.48. The van der Waals surface area contributed by atoms with Crippen molar-refractivity contribution in [3.63, 3.8) is 0 Å². The zero-order valence-corrected chi connectivity index (χ0v) is 16.6. The molecule has 0 aliphatic rings. The second kappa shape index (κ2) is 20.9. The molecule has 24 heavy (non-hydrogen) atoms. The topological polar surface area (TPSA) is 53.5 Å². The van der Waals surface area contributed by atoms with Crippen LogP contribution in [0.2, 0.25) is 0 Å². The fraction of sp³-hybridized carbons (Fsp3) is 1.00. The molecule has 0 amide bonds. The highest BCUT2D eigenvalue weighted by molar-refractivity contribution is 4.50. The Morgan fingerprint density at radius 3 is 1.25 bits per heavy atom. The lowest BCUT2D eigenvalue weighted by atomic mass is 10.0. The van der Waals surface area contributed by atoms with Gasteiger partial charge in [0.05, 0.1) is 13.1 Å². The monoisotopic (exact) mass is 342 g/mol. The third kappa shape index (κ3) is 19.9. The van der Waals surface area contributed by atoms with E-state index in [0.717, 1.165) is 19.4 Å². The first kappa shape index (κ1) is 23.9. The van der Waals surface area contributed by atoms with Crippen LogP contribution in [0.25, 0.3) is 0 Å². The summed E-state index contributed by atoms with van der Waals surface area (Å²) in [4.78, 5) is 0. The average molecular weight is 343 g/mol. The zero-order chi connectivity index (χ0) is 17.7. The van der Waals surface area contributed by atoms with E-state index in [2.05, 4.69) is 6.92 Å². The van der Waals surface area contributed by atoms with Gasteiger partial charge in [-0.1, -0.05) is 96.8 Å². The van der Waals surface area contributed by atoms with Crippen LogP contribution in [-0.2, 0) is 0 Å². The highest BCUT2D eigenvalue weighted by atomic mass is 16.5. The Labute approximate surface area is 152 Å². The Kier molecular flexibility index (Phi) is 20.8. The van der Waals surface area contributed by atoms with Crippen molar-refractivity contribution in [2.75, 3.05) is 19.6 Å². The van der Waals surface area contributed by atoms with Crippen molar-refractivity contribution in [2.24, 2.45) is 5.73 Å². The van der Waals surface area contributed by atoms with Gasteiger partial charge in [-0.3, -0.25) is 0 Å². The molecule has 0 aliphatic carbocycles. The number of hydrogen-bond acceptors (Lipinski definition) is 2. The molecule has 0 saturated heterocycles. The molecule has 1 atom stereocenters. The average Bonchev–Trinajstić information content (AvgIpc) is 2.59. The minimum atomic E-state index is 0.408. The predicted octanol–water partition coefficient (Wildman–Crippen LogP) is 4.98. The van der Waals surface area contributed by atoms with E-state index in [-0.39, 0.29) is 0 Å². The number of hydroxylamine groups is 2. The molecular formula is C21H46N2O. The fourth-order valence-corrected chi connectivity index (χ4v) is 3.29. The van der Waals surface area contributed by atoms with Crippen molar-refractivity contribution in [3.8, 4) is 0 Å². The maximum Gasteiger partial charge on any atom is 0.0780 e. The SMILES string of the molecule is CCCCCCCCCCCCCCCCCC[NH+]([O-])CCCN.